The number of nitrogens with zero attached hydrogens (tertiary/aromatic N) is 4. The first-order valence-corrected chi connectivity index (χ1v) is 16.4. The molecule has 2 aromatic heterocycles. The maximum atomic E-state index is 13.8. The third-order valence-electron chi connectivity index (χ3n) is 9.65. The fraction of sp³-hybridized carbons (Fsp3) is 0.389. The van der Waals surface area contributed by atoms with Crippen LogP contribution in [-0.4, -0.2) is 50.0 Å². The number of benzene rings is 3. The number of carboxylic acids is 1. The molecule has 1 atom stereocenters. The van der Waals surface area contributed by atoms with Gasteiger partial charge in [0.15, 0.2) is 0 Å². The van der Waals surface area contributed by atoms with Crippen molar-refractivity contribution in [1.29, 1.82) is 0 Å². The van der Waals surface area contributed by atoms with E-state index in [4.69, 9.17) is 21.4 Å². The van der Waals surface area contributed by atoms with Gasteiger partial charge in [-0.3, -0.25) is 9.58 Å². The van der Waals surface area contributed by atoms with Crippen LogP contribution in [0.15, 0.2) is 48.5 Å². The van der Waals surface area contributed by atoms with Crippen molar-refractivity contribution in [2.75, 3.05) is 19.7 Å². The van der Waals surface area contributed by atoms with E-state index >= 15 is 0 Å². The molecule has 0 spiro atoms. The van der Waals surface area contributed by atoms with E-state index in [1.165, 1.54) is 12.1 Å². The van der Waals surface area contributed by atoms with Gasteiger partial charge in [-0.15, -0.1) is 0 Å². The Morgan fingerprint density at radius 3 is 2.69 bits per heavy atom. The van der Waals surface area contributed by atoms with Crippen LogP contribution in [0.1, 0.15) is 72.5 Å². The molecule has 234 valence electrons. The molecule has 9 heteroatoms. The van der Waals surface area contributed by atoms with E-state index in [0.717, 1.165) is 94.9 Å². The molecule has 0 amide bonds. The van der Waals surface area contributed by atoms with E-state index in [-0.39, 0.29) is 11.9 Å². The van der Waals surface area contributed by atoms with Gasteiger partial charge < -0.3 is 14.4 Å². The fourth-order valence-electron chi connectivity index (χ4n) is 7.71. The average Bonchev–Trinajstić information content (AvgIpc) is 3.70. The summed E-state index contributed by atoms with van der Waals surface area (Å²) >= 11 is 7.12. The molecule has 7 rings (SSSR count). The second-order valence-electron chi connectivity index (χ2n) is 12.3. The summed E-state index contributed by atoms with van der Waals surface area (Å²) in [6, 6.07) is 14.4. The zero-order valence-electron chi connectivity index (χ0n) is 25.8. The largest absolute Gasteiger partial charge is 0.493 e. The second-order valence-corrected chi connectivity index (χ2v) is 12.7. The Morgan fingerprint density at radius 2 is 1.87 bits per heavy atom. The summed E-state index contributed by atoms with van der Waals surface area (Å²) < 4.78 is 24.0. The molecule has 2 aliphatic rings. The number of carboxylic acid groups (broad SMARTS) is 1. The predicted molar refractivity (Wildman–Crippen MR) is 176 cm³/mol. The van der Waals surface area contributed by atoms with Gasteiger partial charge in [0.25, 0.3) is 0 Å². The molecule has 1 N–H and O–H groups in total. The lowest BCUT2D eigenvalue weighted by Gasteiger charge is -2.24. The van der Waals surface area contributed by atoms with Crippen LogP contribution in [0.2, 0.25) is 5.02 Å². The molecule has 45 heavy (non-hydrogen) atoms. The molecule has 0 saturated carbocycles. The van der Waals surface area contributed by atoms with Crippen molar-refractivity contribution in [1.82, 2.24) is 19.2 Å². The highest BCUT2D eigenvalue weighted by atomic mass is 35.5. The number of ether oxygens (including phenoxy) is 1. The fourth-order valence-corrected chi connectivity index (χ4v) is 7.96. The van der Waals surface area contributed by atoms with Crippen molar-refractivity contribution < 1.29 is 19.0 Å². The summed E-state index contributed by atoms with van der Waals surface area (Å²) in [6.07, 6.45) is 5.98. The van der Waals surface area contributed by atoms with Gasteiger partial charge in [-0.1, -0.05) is 36.7 Å². The second kappa shape index (κ2) is 12.1. The molecule has 1 saturated heterocycles. The highest BCUT2D eigenvalue weighted by molar-refractivity contribution is 6.35. The lowest BCUT2D eigenvalue weighted by atomic mass is 9.94. The topological polar surface area (TPSA) is 72.5 Å². The Balaban J connectivity index is 1.32. The Morgan fingerprint density at radius 1 is 1.07 bits per heavy atom. The van der Waals surface area contributed by atoms with E-state index in [0.29, 0.717) is 42.5 Å². The van der Waals surface area contributed by atoms with Crippen LogP contribution in [0.25, 0.3) is 32.8 Å². The van der Waals surface area contributed by atoms with Crippen molar-refractivity contribution in [3.8, 4) is 16.9 Å². The molecule has 1 unspecified atom stereocenters. The minimum absolute atomic E-state index is 0.223. The van der Waals surface area contributed by atoms with E-state index in [1.807, 2.05) is 46.6 Å². The van der Waals surface area contributed by atoms with Gasteiger partial charge in [0.05, 0.1) is 28.9 Å². The molecule has 0 aliphatic carbocycles. The number of aromatic nitrogens is 3. The monoisotopic (exact) mass is 628 g/mol. The number of aryl methyl sites for hydroxylation is 3. The van der Waals surface area contributed by atoms with Crippen LogP contribution in [0.4, 0.5) is 4.39 Å². The van der Waals surface area contributed by atoms with Crippen molar-refractivity contribution >= 4 is 39.2 Å². The average molecular weight is 629 g/mol. The van der Waals surface area contributed by atoms with Crippen LogP contribution < -0.4 is 4.74 Å². The van der Waals surface area contributed by atoms with E-state index < -0.39 is 5.97 Å². The number of carbonyl (C=O) groups is 1. The molecular weight excluding hydrogens is 591 g/mol. The number of aromatic carboxylic acids is 1. The minimum Gasteiger partial charge on any atom is -0.493 e. The van der Waals surface area contributed by atoms with Gasteiger partial charge in [0, 0.05) is 41.2 Å². The highest BCUT2D eigenvalue weighted by Gasteiger charge is 2.35. The summed E-state index contributed by atoms with van der Waals surface area (Å²) in [7, 11) is 2.00. The zero-order chi connectivity index (χ0) is 31.2. The van der Waals surface area contributed by atoms with Crippen LogP contribution in [0, 0.1) is 5.82 Å². The number of hydrogen-bond acceptors (Lipinski definition) is 4. The van der Waals surface area contributed by atoms with Crippen LogP contribution in [-0.2, 0) is 26.4 Å². The van der Waals surface area contributed by atoms with Crippen LogP contribution in [0.5, 0.6) is 5.75 Å². The highest BCUT2D eigenvalue weighted by Crippen LogP contribution is 2.46. The zero-order valence-corrected chi connectivity index (χ0v) is 26.5. The number of fused-ring (bicyclic) bond motifs is 5. The first-order valence-electron chi connectivity index (χ1n) is 16.1. The SMILES string of the molecule is CCc1c2c(nn1C)C1CCCN1CCCCn1c(C(=O)O)c(CCCOc3cccc4cc(F)ccc34)c3ccc(Cl)c-2c31. The molecule has 2 aliphatic heterocycles. The summed E-state index contributed by atoms with van der Waals surface area (Å²) in [5.41, 5.74) is 6.16. The molecular formula is C36H38ClFN4O3. The van der Waals surface area contributed by atoms with Gasteiger partial charge in [0.2, 0.25) is 0 Å². The lowest BCUT2D eigenvalue weighted by Crippen LogP contribution is -2.25. The molecule has 0 radical (unpaired) electrons. The molecule has 1 fully saturated rings. The van der Waals surface area contributed by atoms with Crippen molar-refractivity contribution in [2.45, 2.75) is 64.5 Å². The first kappa shape index (κ1) is 29.8. The van der Waals surface area contributed by atoms with Crippen LogP contribution in [0.3, 0.4) is 0 Å². The minimum atomic E-state index is -0.933. The number of rotatable bonds is 7. The Bertz CT molecular complexity index is 1930. The van der Waals surface area contributed by atoms with Crippen molar-refractivity contribution in [3.05, 3.63) is 82.0 Å². The molecule has 7 nitrogen and oxygen atoms in total. The first-order chi connectivity index (χ1) is 21.9. The Kier molecular flexibility index (Phi) is 8.04. The van der Waals surface area contributed by atoms with E-state index in [9.17, 15) is 14.3 Å². The normalized spacial score (nSPS) is 16.9. The van der Waals surface area contributed by atoms with E-state index in [2.05, 4.69) is 11.8 Å². The maximum Gasteiger partial charge on any atom is 0.352 e. The molecule has 3 aromatic carbocycles. The van der Waals surface area contributed by atoms with E-state index in [1.54, 1.807) is 6.07 Å². The standard InChI is InChI=1S/C36H38ClFN4O3/c1-3-28-32-31-27(37)16-15-26-25(10-8-20-45-30-12-6-9-22-21-23(38)13-14-24(22)30)35(36(43)44)42(34(26)31)19-5-4-17-41-18-7-11-29(41)33(32)39-40(28)2/h6,9,12-16,21,29H,3-5,7-8,10-11,17-20H2,1-2H3,(H,43,44). The molecule has 4 heterocycles. The van der Waals surface area contributed by atoms with Gasteiger partial charge >= 0.3 is 5.97 Å². The Labute approximate surface area is 267 Å². The molecule has 5 aromatic rings. The number of hydrogen-bond donors (Lipinski definition) is 1. The quantitative estimate of drug-likeness (QED) is 0.184. The predicted octanol–water partition coefficient (Wildman–Crippen LogP) is 8.19. The van der Waals surface area contributed by atoms with Crippen molar-refractivity contribution in [2.24, 2.45) is 7.05 Å². The van der Waals surface area contributed by atoms with Crippen LogP contribution >= 0.6 is 11.6 Å². The summed E-state index contributed by atoms with van der Waals surface area (Å²) in [6.45, 7) is 5.15. The van der Waals surface area contributed by atoms with Gasteiger partial charge in [-0.2, -0.15) is 5.10 Å². The van der Waals surface area contributed by atoms with Gasteiger partial charge in [0.1, 0.15) is 17.3 Å². The lowest BCUT2D eigenvalue weighted by molar-refractivity contribution is 0.0684. The summed E-state index contributed by atoms with van der Waals surface area (Å²) in [5.74, 6) is -0.528. The summed E-state index contributed by atoms with van der Waals surface area (Å²) in [5, 5.41) is 18.9. The third-order valence-corrected chi connectivity index (χ3v) is 9.96. The third kappa shape index (κ3) is 5.18. The van der Waals surface area contributed by atoms with Gasteiger partial charge in [-0.05, 0) is 99.3 Å². The maximum absolute atomic E-state index is 13.8. The number of halogens is 2. The molecule has 0 bridgehead atoms. The summed E-state index contributed by atoms with van der Waals surface area (Å²) in [4.78, 5) is 15.6. The van der Waals surface area contributed by atoms with Crippen molar-refractivity contribution in [3.63, 3.8) is 0 Å². The Hall–Kier alpha value is -3.88. The smallest absolute Gasteiger partial charge is 0.352 e. The van der Waals surface area contributed by atoms with Gasteiger partial charge in [-0.25, -0.2) is 9.18 Å².